The highest BCUT2D eigenvalue weighted by atomic mass is 16.5. The van der Waals surface area contributed by atoms with Crippen LogP contribution in [0.1, 0.15) is 33.1 Å². The Morgan fingerprint density at radius 2 is 1.84 bits per heavy atom. The molecule has 7 heteroatoms. The van der Waals surface area contributed by atoms with Crippen LogP contribution in [0.3, 0.4) is 0 Å². The second-order valence-electron chi connectivity index (χ2n) is 4.49. The fourth-order valence-corrected chi connectivity index (χ4v) is 1.43. The number of nitrogens with one attached hydrogen (secondary N) is 2. The Bertz CT molecular complexity index is 319. The van der Waals surface area contributed by atoms with Crippen LogP contribution in [0.5, 0.6) is 0 Å². The van der Waals surface area contributed by atoms with E-state index in [1.54, 1.807) is 6.92 Å². The lowest BCUT2D eigenvalue weighted by Gasteiger charge is -2.14. The molecular formula is C12H22N2O5. The largest absolute Gasteiger partial charge is 0.481 e. The Kier molecular flexibility index (Phi) is 8.52. The van der Waals surface area contributed by atoms with E-state index in [0.29, 0.717) is 6.42 Å². The zero-order chi connectivity index (χ0) is 14.8. The van der Waals surface area contributed by atoms with Crippen LogP contribution < -0.4 is 10.6 Å². The minimum absolute atomic E-state index is 0.0186. The molecule has 7 nitrogen and oxygen atoms in total. The standard InChI is InChI=1S/C12H22N2O5/c1-8(11(16)17)5-4-6-9(2)13-7-10(15)14-12(18)19-3/h8-9,13H,4-7H2,1-3H3,(H,16,17)(H,14,15,18). The minimum Gasteiger partial charge on any atom is -0.481 e. The molecular weight excluding hydrogens is 252 g/mol. The summed E-state index contributed by atoms with van der Waals surface area (Å²) in [6.45, 7) is 3.59. The van der Waals surface area contributed by atoms with Crippen molar-refractivity contribution in [3.63, 3.8) is 0 Å². The summed E-state index contributed by atoms with van der Waals surface area (Å²) in [7, 11) is 1.18. The third kappa shape index (κ3) is 9.01. The number of ether oxygens (including phenoxy) is 1. The van der Waals surface area contributed by atoms with E-state index in [0.717, 1.165) is 12.8 Å². The second-order valence-corrected chi connectivity index (χ2v) is 4.49. The Morgan fingerprint density at radius 3 is 2.37 bits per heavy atom. The minimum atomic E-state index is -0.793. The van der Waals surface area contributed by atoms with Crippen molar-refractivity contribution in [2.75, 3.05) is 13.7 Å². The molecule has 2 atom stereocenters. The smallest absolute Gasteiger partial charge is 0.413 e. The van der Waals surface area contributed by atoms with E-state index >= 15 is 0 Å². The van der Waals surface area contributed by atoms with Crippen LogP contribution in [0.2, 0.25) is 0 Å². The maximum Gasteiger partial charge on any atom is 0.413 e. The van der Waals surface area contributed by atoms with Crippen LogP contribution in [-0.2, 0) is 14.3 Å². The van der Waals surface area contributed by atoms with Crippen molar-refractivity contribution >= 4 is 18.0 Å². The van der Waals surface area contributed by atoms with Crippen LogP contribution in [0.25, 0.3) is 0 Å². The van der Waals surface area contributed by atoms with Gasteiger partial charge in [-0.25, -0.2) is 4.79 Å². The lowest BCUT2D eigenvalue weighted by molar-refractivity contribution is -0.141. The maximum atomic E-state index is 11.2. The van der Waals surface area contributed by atoms with Crippen molar-refractivity contribution < 1.29 is 24.2 Å². The molecule has 110 valence electrons. The van der Waals surface area contributed by atoms with Crippen molar-refractivity contribution in [3.05, 3.63) is 0 Å². The number of alkyl carbamates (subject to hydrolysis) is 1. The lowest BCUT2D eigenvalue weighted by Crippen LogP contribution is -2.40. The van der Waals surface area contributed by atoms with Gasteiger partial charge in [0.15, 0.2) is 0 Å². The SMILES string of the molecule is COC(=O)NC(=O)CNC(C)CCCC(C)C(=O)O. The predicted molar refractivity (Wildman–Crippen MR) is 68.7 cm³/mol. The number of imide groups is 1. The quantitative estimate of drug-likeness (QED) is 0.603. The van der Waals surface area contributed by atoms with Gasteiger partial charge in [-0.2, -0.15) is 0 Å². The first-order valence-corrected chi connectivity index (χ1v) is 6.20. The summed E-state index contributed by atoms with van der Waals surface area (Å²) < 4.78 is 4.29. The Hall–Kier alpha value is -1.63. The Labute approximate surface area is 112 Å². The van der Waals surface area contributed by atoms with Crippen molar-refractivity contribution in [2.24, 2.45) is 5.92 Å². The van der Waals surface area contributed by atoms with Crippen molar-refractivity contribution in [3.8, 4) is 0 Å². The van der Waals surface area contributed by atoms with Gasteiger partial charge in [0, 0.05) is 6.04 Å². The number of carbonyl (C=O) groups is 3. The molecule has 0 bridgehead atoms. The van der Waals surface area contributed by atoms with Gasteiger partial charge < -0.3 is 15.2 Å². The van der Waals surface area contributed by atoms with E-state index in [9.17, 15) is 14.4 Å². The zero-order valence-corrected chi connectivity index (χ0v) is 11.6. The van der Waals surface area contributed by atoms with Gasteiger partial charge in [-0.3, -0.25) is 14.9 Å². The van der Waals surface area contributed by atoms with Gasteiger partial charge in [-0.15, -0.1) is 0 Å². The fourth-order valence-electron chi connectivity index (χ4n) is 1.43. The molecule has 0 aromatic carbocycles. The predicted octanol–water partition coefficient (Wildman–Crippen LogP) is 0.738. The van der Waals surface area contributed by atoms with Gasteiger partial charge in [0.2, 0.25) is 5.91 Å². The number of methoxy groups -OCH3 is 1. The number of carbonyl (C=O) groups excluding carboxylic acids is 2. The molecule has 0 radical (unpaired) electrons. The number of rotatable bonds is 8. The first-order valence-electron chi connectivity index (χ1n) is 6.20. The molecule has 0 saturated carbocycles. The fraction of sp³-hybridized carbons (Fsp3) is 0.750. The summed E-state index contributed by atoms with van der Waals surface area (Å²) in [6, 6.07) is 0.0735. The summed E-state index contributed by atoms with van der Waals surface area (Å²) in [6.07, 6.45) is 1.36. The summed E-state index contributed by atoms with van der Waals surface area (Å²) in [4.78, 5) is 32.6. The molecule has 0 aliphatic heterocycles. The third-order valence-corrected chi connectivity index (χ3v) is 2.73. The number of carboxylic acid groups (broad SMARTS) is 1. The van der Waals surface area contributed by atoms with Crippen LogP contribution in [0.4, 0.5) is 4.79 Å². The molecule has 0 fully saturated rings. The normalized spacial score (nSPS) is 13.4. The molecule has 0 aliphatic carbocycles. The highest BCUT2D eigenvalue weighted by Gasteiger charge is 2.12. The number of hydrogen-bond acceptors (Lipinski definition) is 5. The summed E-state index contributed by atoms with van der Waals surface area (Å²) in [5, 5.41) is 13.7. The number of amides is 2. The van der Waals surface area contributed by atoms with E-state index in [2.05, 4.69) is 10.1 Å². The highest BCUT2D eigenvalue weighted by molar-refractivity contribution is 5.92. The molecule has 0 spiro atoms. The van der Waals surface area contributed by atoms with E-state index in [1.165, 1.54) is 7.11 Å². The molecule has 2 amide bonds. The van der Waals surface area contributed by atoms with Gasteiger partial charge in [0.25, 0.3) is 0 Å². The van der Waals surface area contributed by atoms with Gasteiger partial charge in [0.05, 0.1) is 19.6 Å². The molecule has 19 heavy (non-hydrogen) atoms. The van der Waals surface area contributed by atoms with Crippen LogP contribution in [-0.4, -0.2) is 42.8 Å². The molecule has 3 N–H and O–H groups in total. The molecule has 2 unspecified atom stereocenters. The average molecular weight is 274 g/mol. The zero-order valence-electron chi connectivity index (χ0n) is 11.6. The van der Waals surface area contributed by atoms with Crippen LogP contribution >= 0.6 is 0 Å². The van der Waals surface area contributed by atoms with Crippen LogP contribution in [0.15, 0.2) is 0 Å². The van der Waals surface area contributed by atoms with Crippen molar-refractivity contribution in [1.82, 2.24) is 10.6 Å². The molecule has 0 aliphatic rings. The van der Waals surface area contributed by atoms with Gasteiger partial charge in [-0.1, -0.05) is 13.3 Å². The number of carboxylic acids is 1. The topological polar surface area (TPSA) is 105 Å². The maximum absolute atomic E-state index is 11.2. The molecule has 0 heterocycles. The Balaban J connectivity index is 3.69. The lowest BCUT2D eigenvalue weighted by atomic mass is 10.0. The highest BCUT2D eigenvalue weighted by Crippen LogP contribution is 2.09. The van der Waals surface area contributed by atoms with E-state index in [4.69, 9.17) is 5.11 Å². The van der Waals surface area contributed by atoms with Crippen LogP contribution in [0, 0.1) is 5.92 Å². The first kappa shape index (κ1) is 17.4. The van der Waals surface area contributed by atoms with Gasteiger partial charge in [-0.05, 0) is 19.8 Å². The average Bonchev–Trinajstić information content (AvgIpc) is 2.35. The summed E-state index contributed by atoms with van der Waals surface area (Å²) in [5.74, 6) is -1.61. The number of aliphatic carboxylic acids is 1. The molecule has 0 rings (SSSR count). The van der Waals surface area contributed by atoms with Crippen molar-refractivity contribution in [2.45, 2.75) is 39.2 Å². The van der Waals surface area contributed by atoms with Gasteiger partial charge in [0.1, 0.15) is 0 Å². The number of hydrogen-bond donors (Lipinski definition) is 3. The van der Waals surface area contributed by atoms with E-state index in [-0.39, 0.29) is 18.5 Å². The summed E-state index contributed by atoms with van der Waals surface area (Å²) in [5.41, 5.74) is 0. The molecule has 0 aromatic rings. The third-order valence-electron chi connectivity index (χ3n) is 2.73. The second kappa shape index (κ2) is 9.32. The Morgan fingerprint density at radius 1 is 1.21 bits per heavy atom. The first-order chi connectivity index (χ1) is 8.86. The monoisotopic (exact) mass is 274 g/mol. The molecule has 0 aromatic heterocycles. The molecule has 0 saturated heterocycles. The summed E-state index contributed by atoms with van der Waals surface area (Å²) >= 11 is 0. The van der Waals surface area contributed by atoms with Gasteiger partial charge >= 0.3 is 12.1 Å². The van der Waals surface area contributed by atoms with E-state index < -0.39 is 18.0 Å². The van der Waals surface area contributed by atoms with Crippen molar-refractivity contribution in [1.29, 1.82) is 0 Å². The van der Waals surface area contributed by atoms with E-state index in [1.807, 2.05) is 12.2 Å².